The largest absolute Gasteiger partial charge is 0.456 e. The average Bonchev–Trinajstić information content (AvgIpc) is 3.85. The van der Waals surface area contributed by atoms with E-state index in [1.807, 2.05) is 48.5 Å². The summed E-state index contributed by atoms with van der Waals surface area (Å²) in [6.45, 7) is 0. The number of para-hydroxylation sites is 3. The summed E-state index contributed by atoms with van der Waals surface area (Å²) in [6, 6.07) is 65.2. The highest BCUT2D eigenvalue weighted by Crippen LogP contribution is 2.39. The van der Waals surface area contributed by atoms with Crippen molar-refractivity contribution >= 4 is 55.5 Å². The van der Waals surface area contributed by atoms with E-state index < -0.39 is 0 Å². The molecule has 1 unspecified atom stereocenters. The molecule has 1 aliphatic heterocycles. The average molecular weight is 720 g/mol. The maximum Gasteiger partial charge on any atom is 0.159 e. The molecule has 0 amide bonds. The molecule has 2 aromatic heterocycles. The number of hydrogen-bond donors (Lipinski definition) is 1. The summed E-state index contributed by atoms with van der Waals surface area (Å²) >= 11 is 0. The molecule has 1 N–H and O–H groups in total. The van der Waals surface area contributed by atoms with E-state index in [9.17, 15) is 0 Å². The Morgan fingerprint density at radius 1 is 0.393 bits per heavy atom. The second-order valence-corrected chi connectivity index (χ2v) is 14.2. The summed E-state index contributed by atoms with van der Waals surface area (Å²) in [7, 11) is 0. The Bertz CT molecular complexity index is 3140. The van der Waals surface area contributed by atoms with Gasteiger partial charge in [0.25, 0.3) is 0 Å². The van der Waals surface area contributed by atoms with Crippen LogP contribution in [0.5, 0.6) is 0 Å². The second kappa shape index (κ2) is 13.1. The van der Waals surface area contributed by atoms with Crippen molar-refractivity contribution in [3.63, 3.8) is 0 Å². The van der Waals surface area contributed by atoms with Gasteiger partial charge in [-0.15, -0.1) is 0 Å². The van der Waals surface area contributed by atoms with Gasteiger partial charge in [-0.1, -0.05) is 164 Å². The lowest BCUT2D eigenvalue weighted by molar-refractivity contribution is 0.660. The number of hydrogen-bond acceptors (Lipinski definition) is 5. The molecule has 264 valence electrons. The Morgan fingerprint density at radius 3 is 1.64 bits per heavy atom. The Morgan fingerprint density at radius 2 is 0.929 bits per heavy atom. The fourth-order valence-electron chi connectivity index (χ4n) is 7.95. The molecule has 0 radical (unpaired) electrons. The molecule has 5 nitrogen and oxygen atoms in total. The van der Waals surface area contributed by atoms with Crippen LogP contribution >= 0.6 is 0 Å². The van der Waals surface area contributed by atoms with Crippen molar-refractivity contribution in [2.24, 2.45) is 9.98 Å². The van der Waals surface area contributed by atoms with E-state index in [0.29, 0.717) is 11.7 Å². The third kappa shape index (κ3) is 5.48. The molecule has 11 rings (SSSR count). The van der Waals surface area contributed by atoms with Gasteiger partial charge in [0.05, 0.1) is 5.56 Å². The van der Waals surface area contributed by atoms with E-state index >= 15 is 0 Å². The van der Waals surface area contributed by atoms with Crippen LogP contribution < -0.4 is 5.32 Å². The van der Waals surface area contributed by atoms with Crippen LogP contribution in [0.3, 0.4) is 0 Å². The maximum atomic E-state index is 6.89. The van der Waals surface area contributed by atoms with Crippen LogP contribution in [0.25, 0.3) is 77.3 Å². The number of nitrogens with zero attached hydrogens (tertiary/aromatic N) is 2. The van der Waals surface area contributed by atoms with Crippen LogP contribution in [0.15, 0.2) is 207 Å². The zero-order valence-electron chi connectivity index (χ0n) is 30.2. The van der Waals surface area contributed by atoms with Crippen LogP contribution in [0, 0.1) is 0 Å². The topological polar surface area (TPSA) is 63.0 Å². The molecular formula is C51H33N3O2. The van der Waals surface area contributed by atoms with Gasteiger partial charge in [-0.05, 0) is 57.6 Å². The van der Waals surface area contributed by atoms with Crippen LogP contribution in [0.2, 0.25) is 0 Å². The fourth-order valence-corrected chi connectivity index (χ4v) is 7.95. The summed E-state index contributed by atoms with van der Waals surface area (Å²) in [5, 5.41) is 7.89. The predicted molar refractivity (Wildman–Crippen MR) is 229 cm³/mol. The minimum Gasteiger partial charge on any atom is -0.456 e. The molecule has 10 aromatic rings. The minimum atomic E-state index is -0.353. The first kappa shape index (κ1) is 32.0. The van der Waals surface area contributed by atoms with Crippen molar-refractivity contribution < 1.29 is 8.83 Å². The molecule has 0 saturated carbocycles. The molecule has 3 heterocycles. The molecular weight excluding hydrogens is 687 g/mol. The molecule has 1 aliphatic rings. The number of rotatable bonds is 6. The van der Waals surface area contributed by atoms with Gasteiger partial charge < -0.3 is 14.2 Å². The summed E-state index contributed by atoms with van der Waals surface area (Å²) in [5.74, 6) is 1.32. The van der Waals surface area contributed by atoms with Crippen molar-refractivity contribution in [2.75, 3.05) is 0 Å². The summed E-state index contributed by atoms with van der Waals surface area (Å²) in [4.78, 5) is 10.3. The number of fused-ring (bicyclic) bond motifs is 6. The highest BCUT2D eigenvalue weighted by atomic mass is 16.3. The molecule has 0 aliphatic carbocycles. The van der Waals surface area contributed by atoms with Crippen molar-refractivity contribution in [3.05, 3.63) is 205 Å². The fraction of sp³-hybridized carbons (Fsp3) is 0.0196. The molecule has 5 heteroatoms. The van der Waals surface area contributed by atoms with Crippen molar-refractivity contribution in [3.8, 4) is 33.4 Å². The number of amidine groups is 2. The van der Waals surface area contributed by atoms with Gasteiger partial charge in [-0.3, -0.25) is 0 Å². The predicted octanol–water partition coefficient (Wildman–Crippen LogP) is 13.0. The third-order valence-electron chi connectivity index (χ3n) is 10.8. The van der Waals surface area contributed by atoms with Gasteiger partial charge in [-0.25, -0.2) is 9.98 Å². The van der Waals surface area contributed by atoms with Gasteiger partial charge in [0.15, 0.2) is 5.84 Å². The van der Waals surface area contributed by atoms with Gasteiger partial charge in [0.2, 0.25) is 0 Å². The van der Waals surface area contributed by atoms with Gasteiger partial charge in [-0.2, -0.15) is 0 Å². The number of benzene rings is 8. The van der Waals surface area contributed by atoms with E-state index in [1.54, 1.807) is 0 Å². The third-order valence-corrected chi connectivity index (χ3v) is 10.8. The quantitative estimate of drug-likeness (QED) is 0.186. The maximum absolute atomic E-state index is 6.89. The highest BCUT2D eigenvalue weighted by molar-refractivity contribution is 6.21. The first-order valence-electron chi connectivity index (χ1n) is 18.8. The molecule has 0 saturated heterocycles. The zero-order valence-corrected chi connectivity index (χ0v) is 30.2. The lowest BCUT2D eigenvalue weighted by Crippen LogP contribution is -2.33. The summed E-state index contributed by atoms with van der Waals surface area (Å²) in [5.41, 5.74) is 13.0. The van der Waals surface area contributed by atoms with Gasteiger partial charge in [0.1, 0.15) is 34.3 Å². The molecule has 0 fully saturated rings. The van der Waals surface area contributed by atoms with E-state index in [-0.39, 0.29) is 6.17 Å². The molecule has 56 heavy (non-hydrogen) atoms. The monoisotopic (exact) mass is 719 g/mol. The lowest BCUT2D eigenvalue weighted by Gasteiger charge is -2.23. The van der Waals surface area contributed by atoms with Crippen molar-refractivity contribution in [1.82, 2.24) is 5.32 Å². The minimum absolute atomic E-state index is 0.353. The summed E-state index contributed by atoms with van der Waals surface area (Å²) in [6.07, 6.45) is -0.353. The van der Waals surface area contributed by atoms with Crippen molar-refractivity contribution in [1.29, 1.82) is 0 Å². The molecule has 0 spiro atoms. The molecule has 1 atom stereocenters. The van der Waals surface area contributed by atoms with Crippen molar-refractivity contribution in [2.45, 2.75) is 6.17 Å². The number of furan rings is 2. The highest BCUT2D eigenvalue weighted by Gasteiger charge is 2.25. The molecule has 8 aromatic carbocycles. The van der Waals surface area contributed by atoms with Gasteiger partial charge >= 0.3 is 0 Å². The Balaban J connectivity index is 0.979. The van der Waals surface area contributed by atoms with E-state index in [0.717, 1.165) is 71.7 Å². The van der Waals surface area contributed by atoms with Gasteiger partial charge in [0, 0.05) is 32.7 Å². The van der Waals surface area contributed by atoms with Crippen LogP contribution in [0.4, 0.5) is 0 Å². The Hall–Kier alpha value is -7.50. The second-order valence-electron chi connectivity index (χ2n) is 14.2. The summed E-state index contributed by atoms with van der Waals surface area (Å²) < 4.78 is 13.2. The van der Waals surface area contributed by atoms with E-state index in [4.69, 9.17) is 18.8 Å². The smallest absolute Gasteiger partial charge is 0.159 e. The molecule has 0 bridgehead atoms. The van der Waals surface area contributed by atoms with Crippen LogP contribution in [-0.2, 0) is 0 Å². The van der Waals surface area contributed by atoms with Crippen LogP contribution in [-0.4, -0.2) is 11.7 Å². The van der Waals surface area contributed by atoms with E-state index in [2.05, 4.69) is 145 Å². The van der Waals surface area contributed by atoms with Crippen LogP contribution in [0.1, 0.15) is 22.9 Å². The number of aliphatic imine (C=N–C) groups is 2. The first-order valence-corrected chi connectivity index (χ1v) is 18.8. The standard InChI is InChI=1S/C51H33N3O2/c1-3-11-32(12-4-1)33-21-23-34(24-22-33)35-25-27-36(28-26-35)39-16-9-17-42-43-18-10-19-44(48(43)56-47(39)42)51-53-49(37-13-5-2-6-14-37)52-50(54-51)38-29-30-41-40-15-7-8-20-45(40)55-46(41)31-38/h1-31,49H,(H,52,53,54). The number of nitrogens with one attached hydrogen (secondary N) is 1. The SMILES string of the molecule is c1ccc(-c2ccc(-c3ccc(-c4cccc5c4oc4c(C6=NC(c7ccc8c(c7)oc7ccccc78)=NC(c7ccccc7)N6)cccc45)cc3)cc2)cc1. The normalized spacial score (nSPS) is 14.2. The first-order chi connectivity index (χ1) is 27.7. The Kier molecular flexibility index (Phi) is 7.49. The van der Waals surface area contributed by atoms with E-state index in [1.165, 1.54) is 22.3 Å². The zero-order chi connectivity index (χ0) is 37.0. The Labute approximate surface area is 322 Å². The lowest BCUT2D eigenvalue weighted by atomic mass is 9.97.